The summed E-state index contributed by atoms with van der Waals surface area (Å²) in [4.78, 5) is 0. The van der Waals surface area contributed by atoms with Gasteiger partial charge in [-0.15, -0.1) is 0 Å². The lowest BCUT2D eigenvalue weighted by molar-refractivity contribution is 0.496. The summed E-state index contributed by atoms with van der Waals surface area (Å²) in [5.41, 5.74) is 1.67. The van der Waals surface area contributed by atoms with Gasteiger partial charge in [0.05, 0.1) is 0 Å². The average molecular weight is 348 g/mol. The Morgan fingerprint density at radius 1 is 0.591 bits per heavy atom. The van der Waals surface area contributed by atoms with Gasteiger partial charge >= 0.3 is 0 Å². The molecule has 0 spiro atoms. The van der Waals surface area contributed by atoms with Gasteiger partial charge in [-0.2, -0.15) is 0 Å². The Morgan fingerprint density at radius 3 is 1.05 bits per heavy atom. The first-order valence-electron chi connectivity index (χ1n) is 9.45. The summed E-state index contributed by atoms with van der Waals surface area (Å²) in [6, 6.07) is 0. The molecular weight excluding hydrogens is 306 g/mol. The minimum atomic E-state index is 0.0749. The van der Waals surface area contributed by atoms with Crippen LogP contribution in [0.25, 0.3) is 0 Å². The molecule has 4 heteroatoms. The van der Waals surface area contributed by atoms with Crippen LogP contribution < -0.4 is 0 Å². The molecular formula is C18H42N2P2. The van der Waals surface area contributed by atoms with Crippen LogP contribution in [0, 0.1) is 0 Å². The molecule has 0 aromatic rings. The molecule has 0 saturated heterocycles. The molecule has 0 aliphatic rings. The monoisotopic (exact) mass is 348 g/mol. The van der Waals surface area contributed by atoms with Crippen molar-refractivity contribution in [1.82, 2.24) is 9.34 Å². The van der Waals surface area contributed by atoms with Gasteiger partial charge in [0.25, 0.3) is 0 Å². The first-order chi connectivity index (χ1) is 10.4. The van der Waals surface area contributed by atoms with Gasteiger partial charge in [0, 0.05) is 0 Å². The maximum absolute atomic E-state index is 2.72. The summed E-state index contributed by atoms with van der Waals surface area (Å²) < 4.78 is 5.44. The highest BCUT2D eigenvalue weighted by Crippen LogP contribution is 2.48. The van der Waals surface area contributed by atoms with E-state index in [4.69, 9.17) is 0 Å². The van der Waals surface area contributed by atoms with Crippen LogP contribution in [0.2, 0.25) is 0 Å². The van der Waals surface area contributed by atoms with E-state index in [-0.39, 0.29) is 16.1 Å². The number of hydrogen-bond donors (Lipinski definition) is 0. The highest BCUT2D eigenvalue weighted by molar-refractivity contribution is 7.56. The second kappa shape index (κ2) is 13.1. The fourth-order valence-corrected chi connectivity index (χ4v) is 8.63. The Morgan fingerprint density at radius 2 is 0.864 bits per heavy atom. The molecule has 0 fully saturated rings. The van der Waals surface area contributed by atoms with Gasteiger partial charge in [-0.1, -0.05) is 55.4 Å². The highest BCUT2D eigenvalue weighted by Gasteiger charge is 2.21. The summed E-state index contributed by atoms with van der Waals surface area (Å²) in [5.74, 6) is 0. The molecule has 0 rings (SSSR count). The lowest BCUT2D eigenvalue weighted by Gasteiger charge is -2.34. The van der Waals surface area contributed by atoms with Crippen LogP contribution in [0.3, 0.4) is 0 Å². The summed E-state index contributed by atoms with van der Waals surface area (Å²) in [6.07, 6.45) is 5.73. The molecule has 0 aromatic heterocycles. The Balaban J connectivity index is 4.35. The van der Waals surface area contributed by atoms with Crippen molar-refractivity contribution in [2.24, 2.45) is 0 Å². The number of nitrogens with zero attached hydrogens (tertiary/aromatic N) is 2. The molecule has 0 N–H and O–H groups in total. The quantitative estimate of drug-likeness (QED) is 0.295. The van der Waals surface area contributed by atoms with E-state index >= 15 is 0 Å². The Bertz CT molecular complexity index is 225. The topological polar surface area (TPSA) is 6.48 Å². The first-order valence-corrected chi connectivity index (χ1v) is 12.5. The van der Waals surface area contributed by atoms with Gasteiger partial charge < -0.3 is 0 Å². The lowest BCUT2D eigenvalue weighted by atomic mass is 10.4. The van der Waals surface area contributed by atoms with Gasteiger partial charge in [-0.3, -0.25) is 9.34 Å². The molecule has 0 aliphatic carbocycles. The zero-order chi connectivity index (χ0) is 17.1. The van der Waals surface area contributed by atoms with Crippen LogP contribution in [-0.2, 0) is 0 Å². The third-order valence-corrected chi connectivity index (χ3v) is 10.9. The first kappa shape index (κ1) is 22.8. The molecule has 22 heavy (non-hydrogen) atoms. The van der Waals surface area contributed by atoms with Crippen molar-refractivity contribution in [3.8, 4) is 0 Å². The van der Waals surface area contributed by atoms with Crippen LogP contribution in [0.15, 0.2) is 0 Å². The molecule has 0 bridgehead atoms. The molecule has 0 aromatic carbocycles. The highest BCUT2D eigenvalue weighted by atomic mass is 31.1. The minimum Gasteiger partial charge on any atom is -0.282 e. The molecule has 0 radical (unpaired) electrons. The Labute approximate surface area is 144 Å². The van der Waals surface area contributed by atoms with Crippen molar-refractivity contribution in [2.75, 3.05) is 38.5 Å². The van der Waals surface area contributed by atoms with E-state index < -0.39 is 0 Å². The molecule has 0 saturated carbocycles. The second-order valence-corrected chi connectivity index (χ2v) is 12.3. The smallest absolute Gasteiger partial charge is 0.000758 e. The van der Waals surface area contributed by atoms with E-state index in [0.29, 0.717) is 0 Å². The zero-order valence-corrected chi connectivity index (χ0v) is 18.4. The van der Waals surface area contributed by atoms with E-state index in [1.54, 1.807) is 0 Å². The SMILES string of the molecule is CCN(CC)P(CCCCP(C(C)C)N(CC)CC)C(C)C. The molecule has 2 unspecified atom stereocenters. The maximum atomic E-state index is 2.72. The molecule has 0 heterocycles. The normalized spacial score (nSPS) is 15.3. The molecule has 2 atom stereocenters. The van der Waals surface area contributed by atoms with Crippen molar-refractivity contribution in [2.45, 2.75) is 79.5 Å². The molecule has 2 nitrogen and oxygen atoms in total. The van der Waals surface area contributed by atoms with Gasteiger partial charge in [0.1, 0.15) is 0 Å². The molecule has 134 valence electrons. The lowest BCUT2D eigenvalue weighted by Crippen LogP contribution is -2.23. The van der Waals surface area contributed by atoms with Gasteiger partial charge in [-0.05, 0) is 78.8 Å². The number of hydrogen-bond acceptors (Lipinski definition) is 2. The standard InChI is InChI=1S/C18H42N2P2/c1-9-19(10-2)21(17(5)6)15-13-14-16-22(18(7)8)20(11-3)12-4/h17-18H,9-16H2,1-8H3. The molecule has 0 aliphatic heterocycles. The van der Waals surface area contributed by atoms with E-state index in [9.17, 15) is 0 Å². The van der Waals surface area contributed by atoms with Crippen molar-refractivity contribution >= 4 is 16.1 Å². The number of rotatable bonds is 13. The summed E-state index contributed by atoms with van der Waals surface area (Å²) in [7, 11) is 0.150. The third-order valence-electron chi connectivity index (χ3n) is 4.40. The molecule has 0 amide bonds. The summed E-state index contributed by atoms with van der Waals surface area (Å²) >= 11 is 0. The Hall–Kier alpha value is 0.780. The predicted molar refractivity (Wildman–Crippen MR) is 109 cm³/mol. The van der Waals surface area contributed by atoms with Crippen LogP contribution >= 0.6 is 16.1 Å². The largest absolute Gasteiger partial charge is 0.282 e. The summed E-state index contributed by atoms with van der Waals surface area (Å²) in [5, 5.41) is 0. The van der Waals surface area contributed by atoms with Crippen molar-refractivity contribution in [3.05, 3.63) is 0 Å². The van der Waals surface area contributed by atoms with Crippen molar-refractivity contribution in [1.29, 1.82) is 0 Å². The minimum absolute atomic E-state index is 0.0749. The van der Waals surface area contributed by atoms with Crippen LogP contribution in [-0.4, -0.2) is 59.2 Å². The third kappa shape index (κ3) is 8.05. The van der Waals surface area contributed by atoms with Crippen molar-refractivity contribution < 1.29 is 0 Å². The van der Waals surface area contributed by atoms with E-state index in [1.165, 1.54) is 51.3 Å². The fourth-order valence-electron chi connectivity index (χ4n) is 3.17. The average Bonchev–Trinajstić information content (AvgIpc) is 2.48. The van der Waals surface area contributed by atoms with Gasteiger partial charge in [0.2, 0.25) is 0 Å². The van der Waals surface area contributed by atoms with Gasteiger partial charge in [0.15, 0.2) is 0 Å². The van der Waals surface area contributed by atoms with E-state index in [2.05, 4.69) is 64.7 Å². The Kier molecular flexibility index (Phi) is 13.6. The van der Waals surface area contributed by atoms with Crippen molar-refractivity contribution in [3.63, 3.8) is 0 Å². The predicted octanol–water partition coefficient (Wildman–Crippen LogP) is 6.06. The second-order valence-electron chi connectivity index (χ2n) is 6.50. The van der Waals surface area contributed by atoms with Crippen LogP contribution in [0.5, 0.6) is 0 Å². The van der Waals surface area contributed by atoms with Crippen LogP contribution in [0.4, 0.5) is 0 Å². The maximum Gasteiger partial charge on any atom is -0.000758 e. The summed E-state index contributed by atoms with van der Waals surface area (Å²) in [6.45, 7) is 23.8. The number of unbranched alkanes of at least 4 members (excludes halogenated alkanes) is 1. The van der Waals surface area contributed by atoms with E-state index in [1.807, 2.05) is 0 Å². The zero-order valence-electron chi connectivity index (χ0n) is 16.6. The van der Waals surface area contributed by atoms with E-state index in [0.717, 1.165) is 11.3 Å². The van der Waals surface area contributed by atoms with Crippen LogP contribution in [0.1, 0.15) is 68.2 Å². The fraction of sp³-hybridized carbons (Fsp3) is 1.00. The van der Waals surface area contributed by atoms with Gasteiger partial charge in [-0.25, -0.2) is 0 Å².